The van der Waals surface area contributed by atoms with Gasteiger partial charge in [-0.15, -0.1) is 0 Å². The molecule has 0 saturated heterocycles. The number of carbonyl (C=O) groups is 2. The van der Waals surface area contributed by atoms with Gasteiger partial charge in [-0.2, -0.15) is 0 Å². The molecule has 0 atom stereocenters. The third kappa shape index (κ3) is 68.5. The van der Waals surface area contributed by atoms with Gasteiger partial charge in [0.1, 0.15) is 0 Å². The first-order valence-electron chi connectivity index (χ1n) is 3.75. The Morgan fingerprint density at radius 2 is 1.27 bits per heavy atom. The summed E-state index contributed by atoms with van der Waals surface area (Å²) in [5.41, 5.74) is -0.361. The van der Waals surface area contributed by atoms with E-state index in [4.69, 9.17) is 35.3 Å². The number of hydrogen-bond donors (Lipinski definition) is 5. The first-order valence-corrected chi connectivity index (χ1v) is 3.75. The predicted molar refractivity (Wildman–Crippen MR) is 49.4 cm³/mol. The van der Waals surface area contributed by atoms with Crippen LogP contribution in [-0.4, -0.2) is 43.6 Å². The van der Waals surface area contributed by atoms with Crippen LogP contribution in [0.5, 0.6) is 0 Å². The van der Waals surface area contributed by atoms with Crippen LogP contribution >= 0.6 is 0 Å². The first-order chi connectivity index (χ1) is 6.59. The van der Waals surface area contributed by atoms with E-state index in [0.29, 0.717) is 0 Å². The molecule has 0 saturated carbocycles. The zero-order valence-corrected chi connectivity index (χ0v) is 8.67. The van der Waals surface area contributed by atoms with Crippen LogP contribution in [0.25, 0.3) is 0 Å². The molecule has 0 amide bonds. The highest BCUT2D eigenvalue weighted by Gasteiger charge is 2.13. The Hall–Kier alpha value is -1.54. The zero-order chi connectivity index (χ0) is 13.1. The lowest BCUT2D eigenvalue weighted by molar-refractivity contribution is -0.313. The van der Waals surface area contributed by atoms with Crippen molar-refractivity contribution in [1.29, 1.82) is 0 Å². The summed E-state index contributed by atoms with van der Waals surface area (Å²) in [6, 6.07) is 0. The molecule has 0 aliphatic rings. The van der Waals surface area contributed by atoms with E-state index >= 15 is 0 Å². The van der Waals surface area contributed by atoms with Crippen LogP contribution in [0.1, 0.15) is 27.2 Å². The molecule has 0 fully saturated rings. The molecule has 0 heterocycles. The van der Waals surface area contributed by atoms with Gasteiger partial charge in [0, 0.05) is 0 Å². The molecular formula is C7H16O8. The van der Waals surface area contributed by atoms with Crippen LogP contribution in [0.4, 0.5) is 9.59 Å². The van der Waals surface area contributed by atoms with Crippen LogP contribution in [-0.2, 0) is 4.89 Å². The van der Waals surface area contributed by atoms with E-state index in [9.17, 15) is 0 Å². The summed E-state index contributed by atoms with van der Waals surface area (Å²) in [6.07, 6.45) is -2.84. The highest BCUT2D eigenvalue weighted by atomic mass is 17.1. The van der Waals surface area contributed by atoms with Gasteiger partial charge in [-0.05, 0) is 20.3 Å². The normalized spacial score (nSPS) is 8.80. The molecule has 92 valence electrons. The summed E-state index contributed by atoms with van der Waals surface area (Å²) in [7, 11) is 0. The highest BCUT2D eigenvalue weighted by molar-refractivity contribution is 5.53. The van der Waals surface area contributed by atoms with Crippen molar-refractivity contribution < 1.29 is 40.2 Å². The molecule has 0 aliphatic carbocycles. The lowest BCUT2D eigenvalue weighted by atomic mass is 10.1. The summed E-state index contributed by atoms with van der Waals surface area (Å²) in [4.78, 5) is 21.2. The molecule has 5 N–H and O–H groups in total. The molecule has 0 rings (SSSR count). The van der Waals surface area contributed by atoms with Gasteiger partial charge in [0.05, 0.1) is 5.60 Å². The maximum Gasteiger partial charge on any atom is 0.503 e. The van der Waals surface area contributed by atoms with E-state index in [1.807, 2.05) is 20.8 Å². The van der Waals surface area contributed by atoms with Gasteiger partial charge in [0.2, 0.25) is 0 Å². The molecule has 8 nitrogen and oxygen atoms in total. The number of rotatable bonds is 2. The Morgan fingerprint density at radius 1 is 1.07 bits per heavy atom. The fraction of sp³-hybridized carbons (Fsp3) is 0.714. The van der Waals surface area contributed by atoms with E-state index < -0.39 is 12.3 Å². The molecule has 0 aromatic carbocycles. The Kier molecular flexibility index (Phi) is 13.4. The monoisotopic (exact) mass is 228 g/mol. The van der Waals surface area contributed by atoms with Crippen LogP contribution < -0.4 is 0 Å². The average Bonchev–Trinajstić information content (AvgIpc) is 2.02. The lowest BCUT2D eigenvalue weighted by Gasteiger charge is -2.16. The zero-order valence-electron chi connectivity index (χ0n) is 8.67. The van der Waals surface area contributed by atoms with Crippen molar-refractivity contribution in [1.82, 2.24) is 0 Å². The van der Waals surface area contributed by atoms with E-state index in [-0.39, 0.29) is 5.60 Å². The van der Waals surface area contributed by atoms with Crippen molar-refractivity contribution in [2.24, 2.45) is 0 Å². The Morgan fingerprint density at radius 3 is 1.27 bits per heavy atom. The largest absolute Gasteiger partial charge is 0.503 e. The molecule has 0 bridgehead atoms. The second-order valence-corrected chi connectivity index (χ2v) is 2.77. The quantitative estimate of drug-likeness (QED) is 0.357. The standard InChI is InChI=1S/C5H12O2.2CH2O3/c1-4-5(2,3)7-6;2*2-1(3)4/h6H,4H2,1-3H3;2*(H2,2,3,4). The van der Waals surface area contributed by atoms with Gasteiger partial charge in [0.25, 0.3) is 0 Å². The predicted octanol–water partition coefficient (Wildman–Crippen LogP) is 2.11. The van der Waals surface area contributed by atoms with E-state index in [2.05, 4.69) is 4.89 Å². The van der Waals surface area contributed by atoms with Gasteiger partial charge < -0.3 is 20.4 Å². The van der Waals surface area contributed by atoms with Crippen LogP contribution in [0.15, 0.2) is 0 Å². The summed E-state index contributed by atoms with van der Waals surface area (Å²) in [5, 5.41) is 36.0. The first kappa shape index (κ1) is 19.1. The SMILES string of the molecule is CCC(C)(C)OO.O=C(O)O.O=C(O)O. The topological polar surface area (TPSA) is 145 Å². The molecular weight excluding hydrogens is 212 g/mol. The van der Waals surface area contributed by atoms with Gasteiger partial charge in [-0.25, -0.2) is 14.5 Å². The molecule has 8 heteroatoms. The molecule has 0 aliphatic heterocycles. The Labute approximate surface area is 86.3 Å². The van der Waals surface area contributed by atoms with Crippen molar-refractivity contribution in [2.45, 2.75) is 32.8 Å². The smallest absolute Gasteiger partial charge is 0.450 e. The molecule has 0 spiro atoms. The average molecular weight is 228 g/mol. The van der Waals surface area contributed by atoms with Crippen molar-refractivity contribution in [3.05, 3.63) is 0 Å². The van der Waals surface area contributed by atoms with Gasteiger partial charge in [0.15, 0.2) is 0 Å². The minimum absolute atomic E-state index is 0.361. The van der Waals surface area contributed by atoms with Crippen molar-refractivity contribution in [2.75, 3.05) is 0 Å². The summed E-state index contributed by atoms with van der Waals surface area (Å²) in [6.45, 7) is 5.61. The molecule has 0 unspecified atom stereocenters. The fourth-order valence-corrected chi connectivity index (χ4v) is 0.0645. The molecule has 0 aromatic heterocycles. The lowest BCUT2D eigenvalue weighted by Crippen LogP contribution is -2.20. The van der Waals surface area contributed by atoms with E-state index in [0.717, 1.165) is 6.42 Å². The van der Waals surface area contributed by atoms with Gasteiger partial charge >= 0.3 is 12.3 Å². The summed E-state index contributed by atoms with van der Waals surface area (Å²) in [5.74, 6) is 0. The second kappa shape index (κ2) is 10.5. The number of carboxylic acid groups (broad SMARTS) is 4. The summed E-state index contributed by atoms with van der Waals surface area (Å²) >= 11 is 0. The van der Waals surface area contributed by atoms with Gasteiger partial charge in [-0.3, -0.25) is 5.26 Å². The maximum atomic E-state index is 8.56. The van der Waals surface area contributed by atoms with Crippen LogP contribution in [0.3, 0.4) is 0 Å². The Balaban J connectivity index is -0.000000155. The van der Waals surface area contributed by atoms with Crippen molar-refractivity contribution >= 4 is 12.3 Å². The van der Waals surface area contributed by atoms with Crippen molar-refractivity contribution in [3.63, 3.8) is 0 Å². The van der Waals surface area contributed by atoms with Crippen LogP contribution in [0.2, 0.25) is 0 Å². The van der Waals surface area contributed by atoms with Gasteiger partial charge in [-0.1, -0.05) is 6.92 Å². The maximum absolute atomic E-state index is 8.56. The van der Waals surface area contributed by atoms with E-state index in [1.165, 1.54) is 0 Å². The number of hydrogen-bond acceptors (Lipinski definition) is 4. The minimum Gasteiger partial charge on any atom is -0.450 e. The van der Waals surface area contributed by atoms with Crippen molar-refractivity contribution in [3.8, 4) is 0 Å². The third-order valence-corrected chi connectivity index (χ3v) is 1.10. The molecule has 0 aromatic rings. The highest BCUT2D eigenvalue weighted by Crippen LogP contribution is 2.10. The minimum atomic E-state index is -1.83. The third-order valence-electron chi connectivity index (χ3n) is 1.10. The molecule has 15 heavy (non-hydrogen) atoms. The second-order valence-electron chi connectivity index (χ2n) is 2.77. The fourth-order valence-electron chi connectivity index (χ4n) is 0.0645. The Bertz CT molecular complexity index is 150. The van der Waals surface area contributed by atoms with Crippen LogP contribution in [0, 0.1) is 0 Å². The van der Waals surface area contributed by atoms with E-state index in [1.54, 1.807) is 0 Å². The molecule has 0 radical (unpaired) electrons. The summed E-state index contributed by atoms with van der Waals surface area (Å²) < 4.78 is 0.